The number of carbonyl (C=O) groups excluding carboxylic acids is 1. The van der Waals surface area contributed by atoms with Crippen molar-refractivity contribution < 1.29 is 13.2 Å². The molecule has 0 spiro atoms. The van der Waals surface area contributed by atoms with Crippen molar-refractivity contribution in [1.29, 1.82) is 0 Å². The van der Waals surface area contributed by atoms with Crippen LogP contribution in [0.15, 0.2) is 29.2 Å². The Hall–Kier alpha value is -1.70. The normalized spacial score (nSPS) is 16.1. The van der Waals surface area contributed by atoms with E-state index >= 15 is 0 Å². The monoisotopic (exact) mass is 434 g/mol. The molecule has 1 saturated heterocycles. The second kappa shape index (κ2) is 8.98. The molecule has 0 saturated carbocycles. The lowest BCUT2D eigenvalue weighted by atomic mass is 9.97. The third-order valence-electron chi connectivity index (χ3n) is 5.53. The molecule has 2 aromatic rings. The maximum atomic E-state index is 13.2. The molecule has 29 heavy (non-hydrogen) atoms. The molecule has 7 heteroatoms. The number of benzene rings is 1. The molecule has 0 unspecified atom stereocenters. The number of carbonyl (C=O) groups is 1. The Labute approximate surface area is 178 Å². The van der Waals surface area contributed by atoms with Crippen molar-refractivity contribution in [2.24, 2.45) is 5.92 Å². The molecule has 5 nitrogen and oxygen atoms in total. The molecule has 158 valence electrons. The third-order valence-corrected chi connectivity index (χ3v) is 8.96. The minimum atomic E-state index is -3.54. The van der Waals surface area contributed by atoms with Crippen molar-refractivity contribution in [3.8, 4) is 0 Å². The lowest BCUT2D eigenvalue weighted by Crippen LogP contribution is -2.43. The highest BCUT2D eigenvalue weighted by Crippen LogP contribution is 2.29. The van der Waals surface area contributed by atoms with Crippen LogP contribution < -0.4 is 5.32 Å². The van der Waals surface area contributed by atoms with Gasteiger partial charge in [-0.25, -0.2) is 8.42 Å². The maximum Gasteiger partial charge on any atom is 0.243 e. The van der Waals surface area contributed by atoms with Gasteiger partial charge in [0.25, 0.3) is 0 Å². The van der Waals surface area contributed by atoms with Crippen LogP contribution in [-0.4, -0.2) is 31.7 Å². The van der Waals surface area contributed by atoms with Gasteiger partial charge in [-0.05, 0) is 63.3 Å². The third kappa shape index (κ3) is 4.90. The Bertz CT molecular complexity index is 964. The van der Waals surface area contributed by atoms with E-state index in [0.717, 1.165) is 28.0 Å². The van der Waals surface area contributed by atoms with Crippen molar-refractivity contribution in [3.63, 3.8) is 0 Å². The van der Waals surface area contributed by atoms with Crippen molar-refractivity contribution in [2.45, 2.75) is 58.4 Å². The van der Waals surface area contributed by atoms with Gasteiger partial charge in [-0.2, -0.15) is 4.31 Å². The number of piperidine rings is 1. The molecular formula is C22H30N2O3S2. The van der Waals surface area contributed by atoms with Gasteiger partial charge in [0, 0.05) is 28.8 Å². The largest absolute Gasteiger partial charge is 0.351 e. The minimum absolute atomic E-state index is 0.0243. The van der Waals surface area contributed by atoms with E-state index in [1.54, 1.807) is 11.3 Å². The fourth-order valence-electron chi connectivity index (χ4n) is 4.09. The summed E-state index contributed by atoms with van der Waals surface area (Å²) in [5.41, 5.74) is 2.63. The van der Waals surface area contributed by atoms with Gasteiger partial charge in [0.1, 0.15) is 0 Å². The van der Waals surface area contributed by atoms with Crippen molar-refractivity contribution in [2.75, 3.05) is 13.1 Å². The van der Waals surface area contributed by atoms with E-state index in [0.29, 0.717) is 37.4 Å². The van der Waals surface area contributed by atoms with Gasteiger partial charge in [-0.3, -0.25) is 4.79 Å². The lowest BCUT2D eigenvalue weighted by molar-refractivity contribution is -0.126. The highest BCUT2D eigenvalue weighted by Gasteiger charge is 2.33. The molecule has 1 aliphatic heterocycles. The Kier molecular flexibility index (Phi) is 6.81. The molecule has 1 fully saturated rings. The summed E-state index contributed by atoms with van der Waals surface area (Å²) in [5, 5.41) is 3.02. The van der Waals surface area contributed by atoms with Gasteiger partial charge in [-0.15, -0.1) is 11.3 Å². The Morgan fingerprint density at radius 1 is 1.10 bits per heavy atom. The van der Waals surface area contributed by atoms with E-state index in [-0.39, 0.29) is 11.8 Å². The maximum absolute atomic E-state index is 13.2. The average molecular weight is 435 g/mol. The molecule has 0 atom stereocenters. The van der Waals surface area contributed by atoms with E-state index < -0.39 is 10.0 Å². The Morgan fingerprint density at radius 2 is 1.69 bits per heavy atom. The zero-order chi connectivity index (χ0) is 21.2. The van der Waals surface area contributed by atoms with E-state index in [9.17, 15) is 13.2 Å². The van der Waals surface area contributed by atoms with E-state index in [4.69, 9.17) is 0 Å². The molecule has 2 heterocycles. The molecular weight excluding hydrogens is 404 g/mol. The highest BCUT2D eigenvalue weighted by molar-refractivity contribution is 7.89. The van der Waals surface area contributed by atoms with Crippen LogP contribution in [0.5, 0.6) is 0 Å². The van der Waals surface area contributed by atoms with E-state index in [2.05, 4.69) is 24.4 Å². The molecule has 1 aromatic heterocycles. The van der Waals surface area contributed by atoms with Crippen LogP contribution in [0.2, 0.25) is 0 Å². The van der Waals surface area contributed by atoms with Crippen LogP contribution in [0.3, 0.4) is 0 Å². The number of nitrogens with zero attached hydrogens (tertiary/aromatic N) is 1. The lowest BCUT2D eigenvalue weighted by Gasteiger charge is -2.31. The predicted molar refractivity (Wildman–Crippen MR) is 118 cm³/mol. The number of rotatable bonds is 6. The van der Waals surface area contributed by atoms with Gasteiger partial charge < -0.3 is 5.32 Å². The number of nitrogens with one attached hydrogen (secondary N) is 1. The summed E-state index contributed by atoms with van der Waals surface area (Å²) < 4.78 is 27.9. The SMILES string of the molecule is CCc1ccc(CNC(=O)C2CCN(S(=O)(=O)c3c(C)cc(C)cc3C)CC2)s1. The Balaban J connectivity index is 1.60. The van der Waals surface area contributed by atoms with E-state index in [1.165, 1.54) is 9.18 Å². The zero-order valence-corrected chi connectivity index (χ0v) is 19.3. The fourth-order valence-corrected chi connectivity index (χ4v) is 6.87. The summed E-state index contributed by atoms with van der Waals surface area (Å²) >= 11 is 1.72. The quantitative estimate of drug-likeness (QED) is 0.749. The number of hydrogen-bond donors (Lipinski definition) is 1. The molecule has 1 N–H and O–H groups in total. The molecule has 0 bridgehead atoms. The summed E-state index contributed by atoms with van der Waals surface area (Å²) in [7, 11) is -3.54. The van der Waals surface area contributed by atoms with Crippen LogP contribution in [0.4, 0.5) is 0 Å². The van der Waals surface area contributed by atoms with Crippen molar-refractivity contribution >= 4 is 27.3 Å². The van der Waals surface area contributed by atoms with Crippen molar-refractivity contribution in [3.05, 3.63) is 50.7 Å². The summed E-state index contributed by atoms with van der Waals surface area (Å²) in [4.78, 5) is 15.4. The molecule has 1 aliphatic rings. The van der Waals surface area contributed by atoms with Gasteiger partial charge in [0.15, 0.2) is 0 Å². The van der Waals surface area contributed by atoms with Crippen molar-refractivity contribution in [1.82, 2.24) is 9.62 Å². The topological polar surface area (TPSA) is 66.5 Å². The highest BCUT2D eigenvalue weighted by atomic mass is 32.2. The van der Waals surface area contributed by atoms with Gasteiger partial charge in [0.2, 0.25) is 15.9 Å². The van der Waals surface area contributed by atoms with Crippen LogP contribution in [0.1, 0.15) is 46.2 Å². The fraction of sp³-hybridized carbons (Fsp3) is 0.500. The van der Waals surface area contributed by atoms with Crippen LogP contribution in [0, 0.1) is 26.7 Å². The zero-order valence-electron chi connectivity index (χ0n) is 17.6. The predicted octanol–water partition coefficient (Wildman–Crippen LogP) is 3.95. The second-order valence-electron chi connectivity index (χ2n) is 7.85. The van der Waals surface area contributed by atoms with Gasteiger partial charge >= 0.3 is 0 Å². The first kappa shape index (κ1) is 22.0. The number of amides is 1. The summed E-state index contributed by atoms with van der Waals surface area (Å²) in [5.74, 6) is -0.108. The van der Waals surface area contributed by atoms with Gasteiger partial charge in [0.05, 0.1) is 11.4 Å². The first-order valence-corrected chi connectivity index (χ1v) is 12.4. The molecule has 1 aromatic carbocycles. The smallest absolute Gasteiger partial charge is 0.243 e. The van der Waals surface area contributed by atoms with E-state index in [1.807, 2.05) is 32.9 Å². The first-order chi connectivity index (χ1) is 13.7. The summed E-state index contributed by atoms with van der Waals surface area (Å²) in [6, 6.07) is 7.99. The van der Waals surface area contributed by atoms with Crippen LogP contribution in [0.25, 0.3) is 0 Å². The number of hydrogen-bond acceptors (Lipinski definition) is 4. The average Bonchev–Trinajstić information content (AvgIpc) is 3.13. The number of thiophene rings is 1. The molecule has 0 radical (unpaired) electrons. The van der Waals surface area contributed by atoms with Crippen LogP contribution in [-0.2, 0) is 27.8 Å². The Morgan fingerprint density at radius 3 is 2.24 bits per heavy atom. The summed E-state index contributed by atoms with van der Waals surface area (Å²) in [6.07, 6.45) is 2.12. The molecule has 1 amide bonds. The number of sulfonamides is 1. The molecule has 3 rings (SSSR count). The summed E-state index contributed by atoms with van der Waals surface area (Å²) in [6.45, 7) is 9.10. The second-order valence-corrected chi connectivity index (χ2v) is 11.0. The van der Waals surface area contributed by atoms with Gasteiger partial charge in [-0.1, -0.05) is 24.6 Å². The standard InChI is InChI=1S/C22H30N2O3S2/c1-5-19-6-7-20(28-19)14-23-22(25)18-8-10-24(11-9-18)29(26,27)21-16(3)12-15(2)13-17(21)4/h6-7,12-13,18H,5,8-11,14H2,1-4H3,(H,23,25). The minimum Gasteiger partial charge on any atom is -0.351 e. The number of aryl methyl sites for hydroxylation is 4. The van der Waals surface area contributed by atoms with Crippen LogP contribution >= 0.6 is 11.3 Å². The first-order valence-electron chi connectivity index (χ1n) is 10.2. The molecule has 0 aliphatic carbocycles.